The van der Waals surface area contributed by atoms with Gasteiger partial charge in [-0.25, -0.2) is 4.79 Å². The highest BCUT2D eigenvalue weighted by molar-refractivity contribution is 5.77. The molecule has 0 saturated heterocycles. The Morgan fingerprint density at radius 3 is 2.39 bits per heavy atom. The average Bonchev–Trinajstić information content (AvgIpc) is 2.35. The average molecular weight is 248 g/mol. The summed E-state index contributed by atoms with van der Waals surface area (Å²) < 4.78 is 0. The molecule has 0 unspecified atom stereocenters. The van der Waals surface area contributed by atoms with Crippen LogP contribution in [0.4, 0.5) is 4.79 Å². The number of hydrogen-bond acceptors (Lipinski definition) is 2. The topological polar surface area (TPSA) is 58.2 Å². The van der Waals surface area contributed by atoms with Crippen LogP contribution in [0.3, 0.4) is 0 Å². The minimum atomic E-state index is -0.204. The van der Waals surface area contributed by atoms with Crippen molar-refractivity contribution in [1.29, 1.82) is 0 Å². The molecule has 0 heterocycles. The summed E-state index contributed by atoms with van der Waals surface area (Å²) in [6, 6.07) is 9.96. The maximum absolute atomic E-state index is 11.3. The number of urea groups is 1. The summed E-state index contributed by atoms with van der Waals surface area (Å²) in [5.74, 6) is 0.0828. The van der Waals surface area contributed by atoms with E-state index in [2.05, 4.69) is 22.8 Å². The number of amides is 2. The number of benzene rings is 1. The highest BCUT2D eigenvalue weighted by atomic mass is 16.2. The molecular formula is C14H20N2O2. The van der Waals surface area contributed by atoms with Crippen LogP contribution in [0.5, 0.6) is 0 Å². The third-order valence-electron chi connectivity index (χ3n) is 2.53. The lowest BCUT2D eigenvalue weighted by molar-refractivity contribution is -0.116. The van der Waals surface area contributed by atoms with E-state index < -0.39 is 0 Å². The maximum Gasteiger partial charge on any atom is 0.314 e. The van der Waals surface area contributed by atoms with Crippen LogP contribution in [-0.4, -0.2) is 24.9 Å². The van der Waals surface area contributed by atoms with Gasteiger partial charge in [-0.3, -0.25) is 4.79 Å². The monoisotopic (exact) mass is 248 g/mol. The smallest absolute Gasteiger partial charge is 0.314 e. The molecule has 0 spiro atoms. The second kappa shape index (κ2) is 8.28. The van der Waals surface area contributed by atoms with Crippen LogP contribution < -0.4 is 10.6 Å². The minimum absolute atomic E-state index is 0.0828. The summed E-state index contributed by atoms with van der Waals surface area (Å²) in [5.41, 5.74) is 1.27. The van der Waals surface area contributed by atoms with Crippen LogP contribution in [0, 0.1) is 0 Å². The molecule has 2 amide bonds. The number of nitrogens with one attached hydrogen (secondary N) is 2. The second-order valence-electron chi connectivity index (χ2n) is 4.22. The molecular weight excluding hydrogens is 228 g/mol. The minimum Gasteiger partial charge on any atom is -0.338 e. The van der Waals surface area contributed by atoms with Crippen molar-refractivity contribution in [3.05, 3.63) is 35.9 Å². The van der Waals surface area contributed by atoms with Gasteiger partial charge in [0.2, 0.25) is 0 Å². The van der Waals surface area contributed by atoms with Gasteiger partial charge in [0.15, 0.2) is 0 Å². The summed E-state index contributed by atoms with van der Waals surface area (Å²) in [4.78, 5) is 22.0. The van der Waals surface area contributed by atoms with Crippen molar-refractivity contribution >= 4 is 11.8 Å². The zero-order valence-electron chi connectivity index (χ0n) is 10.7. The van der Waals surface area contributed by atoms with Crippen molar-refractivity contribution in [2.24, 2.45) is 0 Å². The third-order valence-corrected chi connectivity index (χ3v) is 2.53. The van der Waals surface area contributed by atoms with Gasteiger partial charge in [-0.2, -0.15) is 0 Å². The molecule has 0 saturated carbocycles. The Kier molecular flexibility index (Phi) is 6.54. The Hall–Kier alpha value is -1.84. The number of hydrogen-bond donors (Lipinski definition) is 2. The van der Waals surface area contributed by atoms with E-state index in [-0.39, 0.29) is 11.8 Å². The van der Waals surface area contributed by atoms with Crippen LogP contribution in [0.2, 0.25) is 0 Å². The molecule has 4 heteroatoms. The Labute approximate surface area is 108 Å². The number of Topliss-reactive ketones (excluding diaryl/α,β-unsaturated/α-hetero) is 1. The lowest BCUT2D eigenvalue weighted by atomic mass is 10.1. The fraction of sp³-hybridized carbons (Fsp3) is 0.429. The van der Waals surface area contributed by atoms with Gasteiger partial charge in [0, 0.05) is 19.5 Å². The predicted molar refractivity (Wildman–Crippen MR) is 71.5 cm³/mol. The molecule has 0 radical (unpaired) electrons. The fourth-order valence-electron chi connectivity index (χ4n) is 1.55. The second-order valence-corrected chi connectivity index (χ2v) is 4.22. The van der Waals surface area contributed by atoms with Crippen molar-refractivity contribution < 1.29 is 9.59 Å². The van der Waals surface area contributed by atoms with Crippen molar-refractivity contribution in [3.8, 4) is 0 Å². The standard InChI is InChI=1S/C14H20N2O2/c1-12(17)9-11-16-14(18)15-10-5-8-13-6-3-2-4-7-13/h2-4,6-7H,5,8-11H2,1H3,(H2,15,16,18). The lowest BCUT2D eigenvalue weighted by Crippen LogP contribution is -2.37. The van der Waals surface area contributed by atoms with Gasteiger partial charge in [-0.15, -0.1) is 0 Å². The zero-order chi connectivity index (χ0) is 13.2. The van der Waals surface area contributed by atoms with Gasteiger partial charge in [-0.05, 0) is 25.3 Å². The van der Waals surface area contributed by atoms with Gasteiger partial charge in [0.1, 0.15) is 5.78 Å². The van der Waals surface area contributed by atoms with E-state index in [1.165, 1.54) is 12.5 Å². The van der Waals surface area contributed by atoms with Crippen molar-refractivity contribution in [2.45, 2.75) is 26.2 Å². The molecule has 1 aromatic carbocycles. The molecule has 0 aliphatic heterocycles. The molecule has 0 atom stereocenters. The van der Waals surface area contributed by atoms with E-state index >= 15 is 0 Å². The highest BCUT2D eigenvalue weighted by Gasteiger charge is 2.00. The molecule has 0 bridgehead atoms. The van der Waals surface area contributed by atoms with Gasteiger partial charge >= 0.3 is 6.03 Å². The molecule has 0 aliphatic carbocycles. The van der Waals surface area contributed by atoms with Gasteiger partial charge < -0.3 is 10.6 Å². The number of carbonyl (C=O) groups excluding carboxylic acids is 2. The fourth-order valence-corrected chi connectivity index (χ4v) is 1.55. The molecule has 1 rings (SSSR count). The van der Waals surface area contributed by atoms with Crippen LogP contribution >= 0.6 is 0 Å². The predicted octanol–water partition coefficient (Wildman–Crippen LogP) is 1.90. The van der Waals surface area contributed by atoms with Crippen LogP contribution in [0.1, 0.15) is 25.3 Å². The van der Waals surface area contributed by atoms with E-state index in [0.717, 1.165) is 12.8 Å². The van der Waals surface area contributed by atoms with Crippen LogP contribution in [0.15, 0.2) is 30.3 Å². The van der Waals surface area contributed by atoms with Crippen molar-refractivity contribution in [3.63, 3.8) is 0 Å². The first-order chi connectivity index (χ1) is 8.68. The number of ketones is 1. The van der Waals surface area contributed by atoms with E-state index in [0.29, 0.717) is 19.5 Å². The van der Waals surface area contributed by atoms with Crippen LogP contribution in [0.25, 0.3) is 0 Å². The first-order valence-corrected chi connectivity index (χ1v) is 6.23. The van der Waals surface area contributed by atoms with Gasteiger partial charge in [0.05, 0.1) is 0 Å². The van der Waals surface area contributed by atoms with Crippen LogP contribution in [-0.2, 0) is 11.2 Å². The number of aryl methyl sites for hydroxylation is 1. The summed E-state index contributed by atoms with van der Waals surface area (Å²) in [6.07, 6.45) is 2.25. The molecule has 2 N–H and O–H groups in total. The van der Waals surface area contributed by atoms with Gasteiger partial charge in [0.25, 0.3) is 0 Å². The summed E-state index contributed by atoms with van der Waals surface area (Å²) in [5, 5.41) is 5.41. The summed E-state index contributed by atoms with van der Waals surface area (Å²) >= 11 is 0. The summed E-state index contributed by atoms with van der Waals surface area (Å²) in [6.45, 7) is 2.56. The van der Waals surface area contributed by atoms with Crippen molar-refractivity contribution in [2.75, 3.05) is 13.1 Å². The molecule has 4 nitrogen and oxygen atoms in total. The van der Waals surface area contributed by atoms with Crippen molar-refractivity contribution in [1.82, 2.24) is 10.6 Å². The largest absolute Gasteiger partial charge is 0.338 e. The normalized spacial score (nSPS) is 9.83. The Morgan fingerprint density at radius 2 is 1.72 bits per heavy atom. The Bertz CT molecular complexity index is 377. The molecule has 98 valence electrons. The van der Waals surface area contributed by atoms with E-state index in [9.17, 15) is 9.59 Å². The van der Waals surface area contributed by atoms with E-state index in [1.54, 1.807) is 0 Å². The Morgan fingerprint density at radius 1 is 1.06 bits per heavy atom. The lowest BCUT2D eigenvalue weighted by Gasteiger charge is -2.06. The SMILES string of the molecule is CC(=O)CCNC(=O)NCCCc1ccccc1. The summed E-state index contributed by atoms with van der Waals surface area (Å²) in [7, 11) is 0. The molecule has 1 aromatic rings. The molecule has 0 aromatic heterocycles. The highest BCUT2D eigenvalue weighted by Crippen LogP contribution is 2.01. The molecule has 0 aliphatic rings. The maximum atomic E-state index is 11.3. The quantitative estimate of drug-likeness (QED) is 0.724. The number of rotatable bonds is 7. The van der Waals surface area contributed by atoms with E-state index in [4.69, 9.17) is 0 Å². The number of carbonyl (C=O) groups is 2. The first-order valence-electron chi connectivity index (χ1n) is 6.23. The zero-order valence-corrected chi connectivity index (χ0v) is 10.7. The Balaban J connectivity index is 2.04. The first kappa shape index (κ1) is 14.2. The third kappa shape index (κ3) is 6.68. The molecule has 0 fully saturated rings. The van der Waals surface area contributed by atoms with E-state index in [1.807, 2.05) is 18.2 Å². The molecule has 18 heavy (non-hydrogen) atoms. The van der Waals surface area contributed by atoms with Gasteiger partial charge in [-0.1, -0.05) is 30.3 Å².